The summed E-state index contributed by atoms with van der Waals surface area (Å²) in [7, 11) is 0. The summed E-state index contributed by atoms with van der Waals surface area (Å²) >= 11 is 0. The van der Waals surface area contributed by atoms with Crippen molar-refractivity contribution in [2.75, 3.05) is 21.7 Å². The van der Waals surface area contributed by atoms with Crippen LogP contribution in [0.15, 0.2) is 291 Å². The highest BCUT2D eigenvalue weighted by Crippen LogP contribution is 2.36. The number of aliphatic hydroxyl groups excluding tert-OH is 2. The van der Waals surface area contributed by atoms with E-state index in [0.717, 1.165) is 66.8 Å². The van der Waals surface area contributed by atoms with E-state index in [1.807, 2.05) is 118 Å². The molecule has 0 heterocycles. The number of aliphatic carboxylic acids is 1. The molecule has 25 nitrogen and oxygen atoms in total. The van der Waals surface area contributed by atoms with Crippen LogP contribution in [0.5, 0.6) is 0 Å². The number of nitrogens with two attached hydrogens (primary N) is 2. The molecule has 12 aromatic carbocycles. The molecule has 12 rings (SSSR count). The van der Waals surface area contributed by atoms with E-state index >= 15 is 0 Å². The lowest BCUT2D eigenvalue weighted by atomic mass is 9.86. The number of esters is 2. The van der Waals surface area contributed by atoms with Gasteiger partial charge in [0.05, 0.1) is 0 Å². The van der Waals surface area contributed by atoms with Crippen molar-refractivity contribution < 1.29 is 82.2 Å². The van der Waals surface area contributed by atoms with Crippen LogP contribution in [0, 0.1) is 0 Å². The molecule has 768 valence electrons. The van der Waals surface area contributed by atoms with Gasteiger partial charge in [0, 0.05) is 73.9 Å². The number of carboxylic acids is 1. The summed E-state index contributed by atoms with van der Waals surface area (Å²) < 4.78 is 25.9. The summed E-state index contributed by atoms with van der Waals surface area (Å²) in [6.45, 7) is 46.3. The molecule has 6 amide bonds. The van der Waals surface area contributed by atoms with Gasteiger partial charge in [0.25, 0.3) is 17.7 Å². The minimum Gasteiger partial charge on any atom is -0.478 e. The molecule has 0 saturated carbocycles. The normalized spacial score (nSPS) is 12.2. The third-order valence-electron chi connectivity index (χ3n) is 22.0. The first-order valence-electron chi connectivity index (χ1n) is 47.8. The highest BCUT2D eigenvalue weighted by atomic mass is 35.5. The van der Waals surface area contributed by atoms with Crippen LogP contribution in [-0.2, 0) is 100 Å². The summed E-state index contributed by atoms with van der Waals surface area (Å²) in [4.78, 5) is 108. The van der Waals surface area contributed by atoms with Gasteiger partial charge in [-0.15, -0.1) is 12.4 Å². The number of ether oxygens (including phenoxy) is 5. The number of anilines is 4. The lowest BCUT2D eigenvalue weighted by molar-refractivity contribution is -0.163. The van der Waals surface area contributed by atoms with Crippen LogP contribution in [0.25, 0.3) is 44.5 Å². The second kappa shape index (κ2) is 52.5. The molecule has 145 heavy (non-hydrogen) atoms. The number of rotatable bonds is 24. The molecule has 0 aliphatic rings. The molecule has 4 unspecified atom stereocenters. The maximum Gasteiger partial charge on any atom is 0.407 e. The minimum atomic E-state index is -1.31. The average Bonchev–Trinajstić information content (AvgIpc) is 0.811. The zero-order valence-corrected chi connectivity index (χ0v) is 88.3. The van der Waals surface area contributed by atoms with Crippen molar-refractivity contribution in [3.8, 4) is 44.5 Å². The standard InChI is InChI=1S/C32H38N2O5.C30H36N2O4.C25H28N2O2.C20H22O4.C12H18N2O2.ClH/c1-21(35)38-28(25-10-8-9-24(19-25)23-13-15-26(16-14-23)31(2,3)4)29(36)34-27-17-11-22(12-18-27)20-33-30(37)39-32(5,6)7;1-29(2,3)24-14-12-21(13-15-24)22-8-7-9-23(18-22)26(33)27(34)32-25-16-10-20(11-17-25)19-31-28(35)36-30(4,5)6;1-25(2,3)21-11-9-18(10-12-21)19-5-4-6-20(15-19)23(28)24(29)27-22-13-7-17(16-26)8-14-22;1-13(21)24-18(19(22)23)16-7-5-6-15(12-16)14-8-10-17(11-9-14)20(2,3)4;1-12(2,3)16-11(15)14-8-9-4-6-10(13)7-5-9;/h8-19,28H,20H2,1-7H3,(H,33,37)(H,34,36);7-18,26,33H,19H2,1-6H3,(H,31,35)(H,32,34);4-15,23,28H,16,26H2,1-3H3,(H,27,29);5-12,18H,1-4H3,(H,22,23);4-7H,8,13H2,1-3H3,(H,14,15);1H. The maximum atomic E-state index is 13.2. The van der Waals surface area contributed by atoms with E-state index in [4.69, 9.17) is 35.2 Å². The van der Waals surface area contributed by atoms with Crippen LogP contribution in [-0.4, -0.2) is 86.0 Å². The largest absolute Gasteiger partial charge is 0.478 e. The number of carbonyl (C=O) groups is 9. The van der Waals surface area contributed by atoms with Gasteiger partial charge in [-0.1, -0.05) is 301 Å². The van der Waals surface area contributed by atoms with Crippen molar-refractivity contribution in [1.29, 1.82) is 0 Å². The van der Waals surface area contributed by atoms with E-state index in [0.29, 0.717) is 64.6 Å². The number of carboxylic acid groups (broad SMARTS) is 1. The number of nitrogen functional groups attached to an aromatic ring is 1. The van der Waals surface area contributed by atoms with Crippen LogP contribution in [0.4, 0.5) is 37.1 Å². The Morgan fingerprint density at radius 1 is 0.297 bits per heavy atom. The van der Waals surface area contributed by atoms with Crippen LogP contribution < -0.4 is 43.4 Å². The molecule has 13 N–H and O–H groups in total. The summed E-state index contributed by atoms with van der Waals surface area (Å²) in [6, 6.07) is 91.2. The van der Waals surface area contributed by atoms with Gasteiger partial charge in [0.15, 0.2) is 12.2 Å². The molecule has 0 spiro atoms. The highest BCUT2D eigenvalue weighted by Gasteiger charge is 2.29. The lowest BCUT2D eigenvalue weighted by Gasteiger charge is -2.20. The van der Waals surface area contributed by atoms with Crippen LogP contribution in [0.3, 0.4) is 0 Å². The molecule has 0 aromatic heterocycles. The molecule has 26 heteroatoms. The third kappa shape index (κ3) is 39.8. The molecule has 0 aliphatic carbocycles. The van der Waals surface area contributed by atoms with Crippen molar-refractivity contribution in [3.63, 3.8) is 0 Å². The Labute approximate surface area is 860 Å². The Balaban J connectivity index is 0.000000252. The fourth-order valence-electron chi connectivity index (χ4n) is 14.2. The Hall–Kier alpha value is -14.8. The SMILES string of the molecule is CC(=O)OC(C(=O)Nc1ccc(CNC(=O)OC(C)(C)C)cc1)c1cccc(-c2ccc(C(C)(C)C)cc2)c1.CC(=O)OC(C(=O)O)c1cccc(-c2ccc(C(C)(C)C)cc2)c1.CC(C)(C)OC(=O)NCc1ccc(N)cc1.CC(C)(C)OC(=O)NCc1ccc(NC(=O)C(O)c2cccc(-c3ccc(C(C)(C)C)cc3)c2)cc1.CC(C)(C)c1ccc(-c2cccc(C(O)C(=O)Nc3ccc(CN)cc3)c2)cc1.Cl. The molecule has 12 aromatic rings. The van der Waals surface area contributed by atoms with Gasteiger partial charge in [-0.05, 0) is 257 Å². The van der Waals surface area contributed by atoms with Gasteiger partial charge in [-0.3, -0.25) is 24.0 Å². The van der Waals surface area contributed by atoms with E-state index in [1.165, 1.54) is 36.1 Å². The summed E-state index contributed by atoms with van der Waals surface area (Å²) in [6.07, 6.45) is -6.39. The van der Waals surface area contributed by atoms with E-state index in [-0.39, 0.29) is 40.6 Å². The Morgan fingerprint density at radius 3 is 0.779 bits per heavy atom. The number of nitrogens with one attached hydrogen (secondary N) is 6. The minimum absolute atomic E-state index is 0. The third-order valence-corrected chi connectivity index (χ3v) is 22.0. The Bertz CT molecular complexity index is 6290. The van der Waals surface area contributed by atoms with Crippen LogP contribution in [0.2, 0.25) is 0 Å². The predicted molar refractivity (Wildman–Crippen MR) is 579 cm³/mol. The van der Waals surface area contributed by atoms with Gasteiger partial charge < -0.3 is 82.4 Å². The summed E-state index contributed by atoms with van der Waals surface area (Å²) in [5, 5.41) is 46.9. The molecular weight excluding hydrogens is 1850 g/mol. The van der Waals surface area contributed by atoms with Crippen LogP contribution >= 0.6 is 12.4 Å². The van der Waals surface area contributed by atoms with Gasteiger partial charge >= 0.3 is 36.2 Å². The first kappa shape index (κ1) is 117. The number of halogens is 1. The van der Waals surface area contributed by atoms with Gasteiger partial charge in [-0.2, -0.15) is 0 Å². The van der Waals surface area contributed by atoms with E-state index in [1.54, 1.807) is 151 Å². The van der Waals surface area contributed by atoms with Crippen molar-refractivity contribution in [3.05, 3.63) is 358 Å². The van der Waals surface area contributed by atoms with Gasteiger partial charge in [0.2, 0.25) is 12.2 Å². The number of alkyl carbamates (subject to hydrolysis) is 3. The zero-order valence-electron chi connectivity index (χ0n) is 87.5. The predicted octanol–water partition coefficient (Wildman–Crippen LogP) is 25.1. The monoisotopic (exact) mass is 1990 g/mol. The maximum absolute atomic E-state index is 13.2. The Kier molecular flexibility index (Phi) is 42.4. The average molecular weight is 1990 g/mol. The molecule has 0 saturated heterocycles. The van der Waals surface area contributed by atoms with E-state index < -0.39 is 95.1 Å². The second-order valence-corrected chi connectivity index (χ2v) is 42.0. The topological polar surface area (TPSA) is 385 Å². The fraction of sp³-hybridized carbons (Fsp3) is 0.319. The van der Waals surface area contributed by atoms with Gasteiger partial charge in [0.1, 0.15) is 16.8 Å². The van der Waals surface area contributed by atoms with Crippen molar-refractivity contribution in [2.24, 2.45) is 5.73 Å². The quantitative estimate of drug-likeness (QED) is 0.0152. The molecule has 4 atom stereocenters. The molecule has 0 bridgehead atoms. The lowest BCUT2D eigenvalue weighted by Crippen LogP contribution is -2.32. The fourth-order valence-corrected chi connectivity index (χ4v) is 14.2. The van der Waals surface area contributed by atoms with Crippen molar-refractivity contribution in [1.82, 2.24) is 16.0 Å². The smallest absolute Gasteiger partial charge is 0.407 e. The first-order valence-corrected chi connectivity index (χ1v) is 47.8. The van der Waals surface area contributed by atoms with Crippen molar-refractivity contribution in [2.45, 2.75) is 248 Å². The molecular formula is C119H143ClN8O17. The second-order valence-electron chi connectivity index (χ2n) is 42.0. The first-order chi connectivity index (χ1) is 67.3. The molecule has 0 fully saturated rings. The number of carbonyl (C=O) groups excluding carboxylic acids is 8. The molecule has 0 radical (unpaired) electrons. The Morgan fingerprint density at radius 2 is 0.531 bits per heavy atom. The van der Waals surface area contributed by atoms with E-state index in [9.17, 15) is 58.5 Å². The summed E-state index contributed by atoms with van der Waals surface area (Å²) in [5.74, 6) is -3.82. The number of benzene rings is 12. The van der Waals surface area contributed by atoms with Crippen molar-refractivity contribution >= 4 is 89.1 Å². The zero-order chi connectivity index (χ0) is 106. The van der Waals surface area contributed by atoms with Gasteiger partial charge in [-0.25, -0.2) is 19.2 Å². The summed E-state index contributed by atoms with van der Waals surface area (Å²) in [5.41, 5.74) is 30.7. The number of hydrogen-bond acceptors (Lipinski definition) is 18. The van der Waals surface area contributed by atoms with Crippen LogP contribution in [0.1, 0.15) is 250 Å². The van der Waals surface area contributed by atoms with E-state index in [2.05, 4.69) is 200 Å². The number of hydrogen-bond donors (Lipinski definition) is 11. The highest BCUT2D eigenvalue weighted by molar-refractivity contribution is 5.97. The number of aliphatic hydroxyl groups is 2. The number of amides is 6. The molecule has 0 aliphatic heterocycles.